The van der Waals surface area contributed by atoms with Crippen molar-refractivity contribution in [1.29, 1.82) is 0 Å². The Balaban J connectivity index is 2.10. The van der Waals surface area contributed by atoms with Gasteiger partial charge in [-0.25, -0.2) is 0 Å². The minimum atomic E-state index is 0.103. The second kappa shape index (κ2) is 7.52. The van der Waals surface area contributed by atoms with Gasteiger partial charge >= 0.3 is 0 Å². The van der Waals surface area contributed by atoms with Gasteiger partial charge in [-0.3, -0.25) is 4.79 Å². The van der Waals surface area contributed by atoms with Gasteiger partial charge in [-0.05, 0) is 28.1 Å². The number of carbonyl (C=O) groups excluding carboxylic acids is 1. The summed E-state index contributed by atoms with van der Waals surface area (Å²) >= 11 is 4.92. The predicted octanol–water partition coefficient (Wildman–Crippen LogP) is 4.44. The Hall–Kier alpha value is -1.46. The molecule has 0 spiro atoms. The van der Waals surface area contributed by atoms with Crippen LogP contribution in [-0.4, -0.2) is 25.8 Å². The molecule has 0 aliphatic rings. The number of carbonyl (C=O) groups is 1. The van der Waals surface area contributed by atoms with E-state index in [1.54, 1.807) is 14.2 Å². The molecule has 0 saturated carbocycles. The van der Waals surface area contributed by atoms with Crippen molar-refractivity contribution >= 4 is 33.5 Å². The lowest BCUT2D eigenvalue weighted by Crippen LogP contribution is -2.01. The first kappa shape index (κ1) is 15.9. The SMILES string of the molecule is COc1cc(SCC(=O)c2ccccc2)cc(Br)c1OC. The van der Waals surface area contributed by atoms with E-state index in [1.807, 2.05) is 42.5 Å². The Morgan fingerprint density at radius 3 is 2.48 bits per heavy atom. The molecule has 0 heterocycles. The number of hydrogen-bond donors (Lipinski definition) is 0. The highest BCUT2D eigenvalue weighted by molar-refractivity contribution is 9.10. The lowest BCUT2D eigenvalue weighted by Gasteiger charge is -2.11. The largest absolute Gasteiger partial charge is 0.493 e. The van der Waals surface area contributed by atoms with Crippen LogP contribution in [-0.2, 0) is 0 Å². The molecule has 0 fully saturated rings. The number of methoxy groups -OCH3 is 2. The highest BCUT2D eigenvalue weighted by atomic mass is 79.9. The van der Waals surface area contributed by atoms with Gasteiger partial charge in [0.25, 0.3) is 0 Å². The molecule has 2 aromatic rings. The van der Waals surface area contributed by atoms with Gasteiger partial charge in [0.2, 0.25) is 0 Å². The molecule has 0 aromatic heterocycles. The molecule has 110 valence electrons. The predicted molar refractivity (Wildman–Crippen MR) is 88.7 cm³/mol. The normalized spacial score (nSPS) is 10.2. The molecule has 21 heavy (non-hydrogen) atoms. The summed E-state index contributed by atoms with van der Waals surface area (Å²) in [7, 11) is 3.18. The van der Waals surface area contributed by atoms with E-state index in [4.69, 9.17) is 9.47 Å². The van der Waals surface area contributed by atoms with Gasteiger partial charge in [-0.1, -0.05) is 30.3 Å². The van der Waals surface area contributed by atoms with Crippen molar-refractivity contribution in [3.63, 3.8) is 0 Å². The van der Waals surface area contributed by atoms with E-state index in [0.717, 1.165) is 14.9 Å². The van der Waals surface area contributed by atoms with Gasteiger partial charge in [0.05, 0.1) is 24.4 Å². The average molecular weight is 367 g/mol. The second-order valence-electron chi connectivity index (χ2n) is 4.22. The summed E-state index contributed by atoms with van der Waals surface area (Å²) in [4.78, 5) is 13.0. The number of rotatable bonds is 6. The van der Waals surface area contributed by atoms with Crippen molar-refractivity contribution in [1.82, 2.24) is 0 Å². The fourth-order valence-electron chi connectivity index (χ4n) is 1.83. The molecule has 3 nitrogen and oxygen atoms in total. The van der Waals surface area contributed by atoms with Gasteiger partial charge in [0, 0.05) is 10.5 Å². The van der Waals surface area contributed by atoms with E-state index >= 15 is 0 Å². The van der Waals surface area contributed by atoms with Crippen LogP contribution in [0, 0.1) is 0 Å². The van der Waals surface area contributed by atoms with Gasteiger partial charge in [-0.2, -0.15) is 0 Å². The number of ether oxygens (including phenoxy) is 2. The average Bonchev–Trinajstić information content (AvgIpc) is 2.52. The van der Waals surface area contributed by atoms with Crippen LogP contribution in [0.25, 0.3) is 0 Å². The van der Waals surface area contributed by atoms with E-state index in [-0.39, 0.29) is 5.78 Å². The molecule has 0 unspecified atom stereocenters. The zero-order valence-electron chi connectivity index (χ0n) is 11.8. The van der Waals surface area contributed by atoms with Crippen molar-refractivity contribution in [3.05, 3.63) is 52.5 Å². The first-order valence-electron chi connectivity index (χ1n) is 6.28. The summed E-state index contributed by atoms with van der Waals surface area (Å²) in [6.07, 6.45) is 0. The third kappa shape index (κ3) is 4.02. The van der Waals surface area contributed by atoms with Crippen LogP contribution in [0.2, 0.25) is 0 Å². The fourth-order valence-corrected chi connectivity index (χ4v) is 3.45. The highest BCUT2D eigenvalue weighted by Crippen LogP contribution is 2.39. The fraction of sp³-hybridized carbons (Fsp3) is 0.188. The van der Waals surface area contributed by atoms with Crippen LogP contribution in [0.3, 0.4) is 0 Å². The van der Waals surface area contributed by atoms with Crippen molar-refractivity contribution in [2.75, 3.05) is 20.0 Å². The van der Waals surface area contributed by atoms with Gasteiger partial charge < -0.3 is 9.47 Å². The molecule has 0 N–H and O–H groups in total. The smallest absolute Gasteiger partial charge is 0.174 e. The van der Waals surface area contributed by atoms with Crippen molar-refractivity contribution in [2.24, 2.45) is 0 Å². The number of Topliss-reactive ketones (excluding diaryl/α,β-unsaturated/α-hetero) is 1. The topological polar surface area (TPSA) is 35.5 Å². The molecule has 0 aliphatic carbocycles. The van der Waals surface area contributed by atoms with E-state index in [1.165, 1.54) is 11.8 Å². The molecule has 0 amide bonds. The Morgan fingerprint density at radius 2 is 1.86 bits per heavy atom. The molecular weight excluding hydrogens is 352 g/mol. The van der Waals surface area contributed by atoms with Crippen LogP contribution >= 0.6 is 27.7 Å². The van der Waals surface area contributed by atoms with Gasteiger partial charge in [0.15, 0.2) is 17.3 Å². The highest BCUT2D eigenvalue weighted by Gasteiger charge is 2.12. The molecular formula is C16H15BrO3S. The van der Waals surface area contributed by atoms with Crippen LogP contribution in [0.5, 0.6) is 11.5 Å². The molecule has 0 atom stereocenters. The number of halogens is 1. The van der Waals surface area contributed by atoms with Crippen molar-refractivity contribution < 1.29 is 14.3 Å². The van der Waals surface area contributed by atoms with Crippen LogP contribution < -0.4 is 9.47 Å². The molecule has 0 radical (unpaired) electrons. The number of benzene rings is 2. The summed E-state index contributed by atoms with van der Waals surface area (Å²) in [5, 5.41) is 0. The first-order valence-corrected chi connectivity index (χ1v) is 8.06. The number of ketones is 1. The second-order valence-corrected chi connectivity index (χ2v) is 6.12. The van der Waals surface area contributed by atoms with Crippen molar-refractivity contribution in [3.8, 4) is 11.5 Å². The lowest BCUT2D eigenvalue weighted by atomic mass is 10.2. The molecule has 5 heteroatoms. The van der Waals surface area contributed by atoms with Gasteiger partial charge in [0.1, 0.15) is 0 Å². The zero-order valence-corrected chi connectivity index (χ0v) is 14.2. The molecule has 0 aliphatic heterocycles. The summed E-state index contributed by atoms with van der Waals surface area (Å²) < 4.78 is 11.4. The quantitative estimate of drug-likeness (QED) is 0.559. The van der Waals surface area contributed by atoms with Crippen LogP contribution in [0.15, 0.2) is 51.8 Å². The zero-order chi connectivity index (χ0) is 15.2. The standard InChI is InChI=1S/C16H15BrO3S/c1-19-15-9-12(8-13(17)16(15)20-2)21-10-14(18)11-6-4-3-5-7-11/h3-9H,10H2,1-2H3. The molecule has 2 rings (SSSR count). The minimum Gasteiger partial charge on any atom is -0.493 e. The molecule has 0 bridgehead atoms. The lowest BCUT2D eigenvalue weighted by molar-refractivity contribution is 0.102. The van der Waals surface area contributed by atoms with Gasteiger partial charge in [-0.15, -0.1) is 11.8 Å². The number of thioether (sulfide) groups is 1. The molecule has 2 aromatic carbocycles. The molecule has 0 saturated heterocycles. The third-order valence-electron chi connectivity index (χ3n) is 2.87. The van der Waals surface area contributed by atoms with E-state index in [9.17, 15) is 4.79 Å². The summed E-state index contributed by atoms with van der Waals surface area (Å²) in [5.41, 5.74) is 0.726. The Labute approximate surface area is 136 Å². The van der Waals surface area contributed by atoms with E-state index in [2.05, 4.69) is 15.9 Å². The summed E-state index contributed by atoms with van der Waals surface area (Å²) in [6, 6.07) is 13.1. The van der Waals surface area contributed by atoms with E-state index in [0.29, 0.717) is 17.3 Å². The Morgan fingerprint density at radius 1 is 1.14 bits per heavy atom. The van der Waals surface area contributed by atoms with Crippen molar-refractivity contribution in [2.45, 2.75) is 4.90 Å². The van der Waals surface area contributed by atoms with E-state index < -0.39 is 0 Å². The third-order valence-corrected chi connectivity index (χ3v) is 4.44. The summed E-state index contributed by atoms with van der Waals surface area (Å²) in [5.74, 6) is 1.77. The van der Waals surface area contributed by atoms with Crippen LogP contribution in [0.4, 0.5) is 0 Å². The maximum absolute atomic E-state index is 12.1. The summed E-state index contributed by atoms with van der Waals surface area (Å²) in [6.45, 7) is 0. The maximum atomic E-state index is 12.1. The maximum Gasteiger partial charge on any atom is 0.174 e. The Bertz CT molecular complexity index is 629. The van der Waals surface area contributed by atoms with Crippen LogP contribution in [0.1, 0.15) is 10.4 Å². The first-order chi connectivity index (χ1) is 10.2. The minimum absolute atomic E-state index is 0.103. The Kier molecular flexibility index (Phi) is 5.70. The number of hydrogen-bond acceptors (Lipinski definition) is 4. The monoisotopic (exact) mass is 366 g/mol.